The molecule has 9 heteroatoms. The van der Waals surface area contributed by atoms with Gasteiger partial charge in [0.25, 0.3) is 11.1 Å². The average Bonchev–Trinajstić information content (AvgIpc) is 2.94. The molecule has 1 heterocycles. The molecule has 1 saturated heterocycles. The van der Waals surface area contributed by atoms with Crippen LogP contribution >= 0.6 is 46.6 Å². The maximum Gasteiger partial charge on any atom is 0.293 e. The molecular weight excluding hydrogens is 457 g/mol. The van der Waals surface area contributed by atoms with Crippen molar-refractivity contribution in [2.75, 3.05) is 13.7 Å². The van der Waals surface area contributed by atoms with Crippen LogP contribution in [-0.4, -0.2) is 29.7 Å². The Morgan fingerprint density at radius 3 is 2.48 bits per heavy atom. The second kappa shape index (κ2) is 9.30. The molecule has 1 aliphatic heterocycles. The van der Waals surface area contributed by atoms with Crippen LogP contribution in [0.3, 0.4) is 0 Å². The van der Waals surface area contributed by atoms with Crippen molar-refractivity contribution in [3.63, 3.8) is 0 Å². The van der Waals surface area contributed by atoms with Crippen molar-refractivity contribution in [3.05, 3.63) is 61.4 Å². The monoisotopic (exact) mass is 471 g/mol. The Labute approximate surface area is 187 Å². The van der Waals surface area contributed by atoms with E-state index in [1.165, 1.54) is 12.0 Å². The van der Waals surface area contributed by atoms with Crippen LogP contribution < -0.4 is 9.47 Å². The molecule has 0 radical (unpaired) electrons. The molecule has 1 aliphatic rings. The van der Waals surface area contributed by atoms with Gasteiger partial charge in [-0.15, -0.1) is 0 Å². The summed E-state index contributed by atoms with van der Waals surface area (Å²) in [7, 11) is 1.49. The molecule has 0 N–H and O–H groups in total. The molecule has 0 aliphatic carbocycles. The molecule has 152 valence electrons. The lowest BCUT2D eigenvalue weighted by Gasteiger charge is -2.14. The van der Waals surface area contributed by atoms with Crippen molar-refractivity contribution < 1.29 is 19.1 Å². The highest BCUT2D eigenvalue weighted by atomic mass is 35.5. The molecule has 0 saturated carbocycles. The number of hydrogen-bond donors (Lipinski definition) is 0. The summed E-state index contributed by atoms with van der Waals surface area (Å²) in [6.45, 7) is 2.24. The standard InChI is InChI=1S/C20H16Cl3NO4S/c1-3-24-19(25)17(29-20(24)26)8-11-6-15(23)18(16(7-11)27-2)28-10-12-4-5-13(21)9-14(12)22/h4-9H,3,10H2,1-2H3/b17-8+. The molecule has 3 rings (SSSR count). The molecule has 0 spiro atoms. The number of nitrogens with zero attached hydrogens (tertiary/aromatic N) is 1. The number of halogens is 3. The van der Waals surface area contributed by atoms with Crippen LogP contribution in [0.4, 0.5) is 4.79 Å². The lowest BCUT2D eigenvalue weighted by Crippen LogP contribution is -2.27. The summed E-state index contributed by atoms with van der Waals surface area (Å²) in [5.74, 6) is 0.415. The minimum absolute atomic E-state index is 0.167. The topological polar surface area (TPSA) is 55.8 Å². The van der Waals surface area contributed by atoms with E-state index in [0.717, 1.165) is 17.3 Å². The van der Waals surface area contributed by atoms with Crippen LogP contribution in [0.1, 0.15) is 18.1 Å². The first kappa shape index (κ1) is 21.8. The fourth-order valence-corrected chi connectivity index (χ4v) is 4.32. The summed E-state index contributed by atoms with van der Waals surface area (Å²) in [5.41, 5.74) is 1.36. The number of benzene rings is 2. The summed E-state index contributed by atoms with van der Waals surface area (Å²) >= 11 is 19.4. The van der Waals surface area contributed by atoms with Gasteiger partial charge in [0.05, 0.1) is 17.0 Å². The molecule has 2 aromatic carbocycles. The summed E-state index contributed by atoms with van der Waals surface area (Å²) in [5, 5.41) is 1.03. The predicted octanol–water partition coefficient (Wildman–Crippen LogP) is 6.29. The summed E-state index contributed by atoms with van der Waals surface area (Å²) < 4.78 is 11.2. The van der Waals surface area contributed by atoms with Gasteiger partial charge in [-0.1, -0.05) is 40.9 Å². The maximum absolute atomic E-state index is 12.3. The van der Waals surface area contributed by atoms with Gasteiger partial charge >= 0.3 is 0 Å². The number of ether oxygens (including phenoxy) is 2. The molecule has 0 unspecified atom stereocenters. The summed E-state index contributed by atoms with van der Waals surface area (Å²) in [6.07, 6.45) is 1.61. The Bertz CT molecular complexity index is 1010. The molecule has 2 aromatic rings. The number of thioether (sulfide) groups is 1. The van der Waals surface area contributed by atoms with Crippen molar-refractivity contribution in [3.8, 4) is 11.5 Å². The molecular formula is C20H16Cl3NO4S. The van der Waals surface area contributed by atoms with E-state index in [0.29, 0.717) is 43.6 Å². The molecule has 0 bridgehead atoms. The van der Waals surface area contributed by atoms with Crippen LogP contribution in [0.25, 0.3) is 6.08 Å². The number of imide groups is 1. The molecule has 29 heavy (non-hydrogen) atoms. The van der Waals surface area contributed by atoms with E-state index in [9.17, 15) is 9.59 Å². The maximum atomic E-state index is 12.3. The molecule has 1 fully saturated rings. The lowest BCUT2D eigenvalue weighted by molar-refractivity contribution is -0.122. The highest BCUT2D eigenvalue weighted by molar-refractivity contribution is 8.18. The third kappa shape index (κ3) is 4.83. The van der Waals surface area contributed by atoms with Crippen molar-refractivity contribution >= 4 is 63.8 Å². The molecule has 0 atom stereocenters. The number of carbonyl (C=O) groups is 2. The minimum Gasteiger partial charge on any atom is -0.493 e. The number of likely N-dealkylation sites (N-methyl/N-ethyl adjacent to an activating group) is 1. The summed E-state index contributed by atoms with van der Waals surface area (Å²) in [4.78, 5) is 25.7. The average molecular weight is 473 g/mol. The third-order valence-corrected chi connectivity index (χ3v) is 5.90. The van der Waals surface area contributed by atoms with Crippen molar-refractivity contribution in [2.24, 2.45) is 0 Å². The largest absolute Gasteiger partial charge is 0.493 e. The van der Waals surface area contributed by atoms with E-state index < -0.39 is 0 Å². The van der Waals surface area contributed by atoms with E-state index in [1.807, 2.05) is 0 Å². The first-order chi connectivity index (χ1) is 13.8. The highest BCUT2D eigenvalue weighted by Crippen LogP contribution is 2.39. The summed E-state index contributed by atoms with van der Waals surface area (Å²) in [6, 6.07) is 8.45. The number of methoxy groups -OCH3 is 1. The molecule has 0 aromatic heterocycles. The van der Waals surface area contributed by atoms with Crippen LogP contribution in [0.15, 0.2) is 35.2 Å². The van der Waals surface area contributed by atoms with Crippen molar-refractivity contribution in [2.45, 2.75) is 13.5 Å². The van der Waals surface area contributed by atoms with Crippen LogP contribution in [0.5, 0.6) is 11.5 Å². The fourth-order valence-electron chi connectivity index (χ4n) is 2.68. The van der Waals surface area contributed by atoms with Gasteiger partial charge in [-0.2, -0.15) is 0 Å². The minimum atomic E-state index is -0.324. The second-order valence-corrected chi connectivity index (χ2v) is 8.23. The zero-order chi connectivity index (χ0) is 21.1. The predicted molar refractivity (Wildman–Crippen MR) is 117 cm³/mol. The van der Waals surface area contributed by atoms with Crippen LogP contribution in [-0.2, 0) is 11.4 Å². The fraction of sp³-hybridized carbons (Fsp3) is 0.200. The van der Waals surface area contributed by atoms with Gasteiger partial charge < -0.3 is 9.47 Å². The van der Waals surface area contributed by atoms with Gasteiger partial charge in [-0.3, -0.25) is 14.5 Å². The zero-order valence-electron chi connectivity index (χ0n) is 15.5. The number of carbonyl (C=O) groups excluding carboxylic acids is 2. The quantitative estimate of drug-likeness (QED) is 0.462. The Morgan fingerprint density at radius 1 is 1.10 bits per heavy atom. The third-order valence-electron chi connectivity index (χ3n) is 4.13. The van der Waals surface area contributed by atoms with Crippen molar-refractivity contribution in [1.82, 2.24) is 4.90 Å². The SMILES string of the molecule is CCN1C(=O)S/C(=C/c2cc(Cl)c(OCc3ccc(Cl)cc3Cl)c(OC)c2)C1=O. The van der Waals surface area contributed by atoms with Gasteiger partial charge in [0.1, 0.15) is 6.61 Å². The first-order valence-electron chi connectivity index (χ1n) is 8.53. The van der Waals surface area contributed by atoms with Crippen molar-refractivity contribution in [1.29, 1.82) is 0 Å². The van der Waals surface area contributed by atoms with E-state index >= 15 is 0 Å². The van der Waals surface area contributed by atoms with Gasteiger partial charge in [0.2, 0.25) is 0 Å². The van der Waals surface area contributed by atoms with Gasteiger partial charge in [0.15, 0.2) is 11.5 Å². The normalized spacial score (nSPS) is 15.3. The number of hydrogen-bond acceptors (Lipinski definition) is 5. The number of rotatable bonds is 6. The van der Waals surface area contributed by atoms with E-state index in [4.69, 9.17) is 44.3 Å². The smallest absolute Gasteiger partial charge is 0.293 e. The second-order valence-electron chi connectivity index (χ2n) is 5.98. The lowest BCUT2D eigenvalue weighted by atomic mass is 10.1. The van der Waals surface area contributed by atoms with E-state index in [-0.39, 0.29) is 17.8 Å². The zero-order valence-corrected chi connectivity index (χ0v) is 18.6. The van der Waals surface area contributed by atoms with Gasteiger partial charge in [-0.25, -0.2) is 0 Å². The highest BCUT2D eigenvalue weighted by Gasteiger charge is 2.33. The molecule has 5 nitrogen and oxygen atoms in total. The number of amides is 2. The van der Waals surface area contributed by atoms with Gasteiger partial charge in [0, 0.05) is 22.2 Å². The molecule has 2 amide bonds. The Hall–Kier alpha value is -1.86. The Morgan fingerprint density at radius 2 is 1.86 bits per heavy atom. The van der Waals surface area contributed by atoms with Crippen LogP contribution in [0.2, 0.25) is 15.1 Å². The van der Waals surface area contributed by atoms with E-state index in [2.05, 4.69) is 0 Å². The van der Waals surface area contributed by atoms with Gasteiger partial charge in [-0.05, 0) is 54.6 Å². The first-order valence-corrected chi connectivity index (χ1v) is 10.5. The Balaban J connectivity index is 1.85. The van der Waals surface area contributed by atoms with E-state index in [1.54, 1.807) is 43.3 Å². The van der Waals surface area contributed by atoms with Crippen LogP contribution in [0, 0.1) is 0 Å². The Kier molecular flexibility index (Phi) is 7.01.